The number of anilines is 1. The molecule has 0 bridgehead atoms. The van der Waals surface area contributed by atoms with Crippen molar-refractivity contribution in [2.75, 3.05) is 25.3 Å². The standard InChI is InChI=1S/C28H26N2O6/c1-3-35-28(33)21-10-12-22(13-11-21)30-27(32)23(26(31)29-30)17-20-9-14-24(25(18-20)34-2)36-16-15-19-7-5-4-6-8-19/h4-14,17-18H,3,15-16H2,1-2H3,(H,29,31). The molecule has 184 valence electrons. The second kappa shape index (κ2) is 11.2. The molecule has 1 aliphatic heterocycles. The molecule has 1 fully saturated rings. The van der Waals surface area contributed by atoms with E-state index in [-0.39, 0.29) is 12.2 Å². The number of amides is 2. The highest BCUT2D eigenvalue weighted by atomic mass is 16.5. The highest BCUT2D eigenvalue weighted by molar-refractivity contribution is 6.31. The number of carbonyl (C=O) groups is 3. The molecule has 0 saturated carbocycles. The van der Waals surface area contributed by atoms with Crippen molar-refractivity contribution in [1.29, 1.82) is 0 Å². The SMILES string of the molecule is CCOC(=O)c1ccc(N2NC(=O)C(=Cc3ccc(OCCc4ccccc4)c(OC)c3)C2=O)cc1. The number of hydrogen-bond acceptors (Lipinski definition) is 6. The zero-order valence-corrected chi connectivity index (χ0v) is 20.0. The minimum Gasteiger partial charge on any atom is -0.493 e. The van der Waals surface area contributed by atoms with Gasteiger partial charge in [-0.1, -0.05) is 36.4 Å². The fourth-order valence-corrected chi connectivity index (χ4v) is 3.68. The molecular weight excluding hydrogens is 460 g/mol. The first-order valence-corrected chi connectivity index (χ1v) is 11.5. The van der Waals surface area contributed by atoms with Crippen LogP contribution in [0.25, 0.3) is 6.08 Å². The number of rotatable bonds is 9. The van der Waals surface area contributed by atoms with Gasteiger partial charge in [-0.25, -0.2) is 9.80 Å². The molecule has 1 aliphatic rings. The first-order valence-electron chi connectivity index (χ1n) is 11.5. The Morgan fingerprint density at radius 3 is 2.42 bits per heavy atom. The number of nitrogens with one attached hydrogen (secondary N) is 1. The first kappa shape index (κ1) is 24.5. The zero-order valence-electron chi connectivity index (χ0n) is 20.0. The molecule has 0 radical (unpaired) electrons. The fraction of sp³-hybridized carbons (Fsp3) is 0.179. The lowest BCUT2D eigenvalue weighted by Crippen LogP contribution is -2.35. The molecule has 36 heavy (non-hydrogen) atoms. The summed E-state index contributed by atoms with van der Waals surface area (Å²) in [7, 11) is 1.53. The van der Waals surface area contributed by atoms with Crippen molar-refractivity contribution in [1.82, 2.24) is 5.43 Å². The molecule has 3 aromatic carbocycles. The highest BCUT2D eigenvalue weighted by Gasteiger charge is 2.34. The number of carbonyl (C=O) groups excluding carboxylic acids is 3. The zero-order chi connectivity index (χ0) is 25.5. The summed E-state index contributed by atoms with van der Waals surface area (Å²) in [6.45, 7) is 2.47. The van der Waals surface area contributed by atoms with Gasteiger partial charge in [0.2, 0.25) is 0 Å². The number of methoxy groups -OCH3 is 1. The topological polar surface area (TPSA) is 94.2 Å². The highest BCUT2D eigenvalue weighted by Crippen LogP contribution is 2.30. The molecule has 0 aliphatic carbocycles. The summed E-state index contributed by atoms with van der Waals surface area (Å²) in [4.78, 5) is 37.4. The van der Waals surface area contributed by atoms with Gasteiger partial charge >= 0.3 is 5.97 Å². The Morgan fingerprint density at radius 1 is 0.972 bits per heavy atom. The fourth-order valence-electron chi connectivity index (χ4n) is 3.68. The molecule has 4 rings (SSSR count). The van der Waals surface area contributed by atoms with Gasteiger partial charge in [0.25, 0.3) is 11.8 Å². The predicted octanol–water partition coefficient (Wildman–Crippen LogP) is 3.95. The smallest absolute Gasteiger partial charge is 0.338 e. The van der Waals surface area contributed by atoms with Crippen LogP contribution in [0, 0.1) is 0 Å². The Labute approximate surface area is 209 Å². The van der Waals surface area contributed by atoms with Crippen LogP contribution in [0.5, 0.6) is 11.5 Å². The van der Waals surface area contributed by atoms with Gasteiger partial charge in [0.15, 0.2) is 11.5 Å². The van der Waals surface area contributed by atoms with E-state index in [0.29, 0.717) is 34.9 Å². The number of ether oxygens (including phenoxy) is 3. The molecule has 2 amide bonds. The molecule has 1 saturated heterocycles. The Kier molecular flexibility index (Phi) is 7.65. The van der Waals surface area contributed by atoms with Crippen LogP contribution in [0.3, 0.4) is 0 Å². The Balaban J connectivity index is 1.46. The van der Waals surface area contributed by atoms with E-state index in [1.807, 2.05) is 30.3 Å². The summed E-state index contributed by atoms with van der Waals surface area (Å²) in [6, 6.07) is 21.4. The van der Waals surface area contributed by atoms with Crippen molar-refractivity contribution in [2.45, 2.75) is 13.3 Å². The molecule has 3 aromatic rings. The van der Waals surface area contributed by atoms with Crippen molar-refractivity contribution < 1.29 is 28.6 Å². The van der Waals surface area contributed by atoms with Gasteiger partial charge in [-0.2, -0.15) is 0 Å². The summed E-state index contributed by atoms with van der Waals surface area (Å²) in [5.74, 6) is -0.429. The molecule has 0 atom stereocenters. The van der Waals surface area contributed by atoms with Crippen LogP contribution in [0.4, 0.5) is 5.69 Å². The third-order valence-corrected chi connectivity index (χ3v) is 5.52. The van der Waals surface area contributed by atoms with E-state index >= 15 is 0 Å². The molecule has 8 nitrogen and oxygen atoms in total. The van der Waals surface area contributed by atoms with E-state index in [1.165, 1.54) is 30.9 Å². The van der Waals surface area contributed by atoms with Crippen molar-refractivity contribution in [3.8, 4) is 11.5 Å². The average Bonchev–Trinajstić information content (AvgIpc) is 3.18. The number of hydrazine groups is 1. The van der Waals surface area contributed by atoms with Crippen LogP contribution in [-0.2, 0) is 20.7 Å². The van der Waals surface area contributed by atoms with Gasteiger partial charge in [-0.05, 0) is 60.5 Å². The molecule has 0 unspecified atom stereocenters. The quantitative estimate of drug-likeness (QED) is 0.280. The van der Waals surface area contributed by atoms with E-state index in [0.717, 1.165) is 11.4 Å². The van der Waals surface area contributed by atoms with Gasteiger partial charge in [0.1, 0.15) is 5.57 Å². The minimum absolute atomic E-state index is 0.0238. The third kappa shape index (κ3) is 5.55. The molecule has 1 heterocycles. The molecule has 0 aromatic heterocycles. The van der Waals surface area contributed by atoms with Gasteiger partial charge < -0.3 is 14.2 Å². The molecule has 8 heteroatoms. The van der Waals surface area contributed by atoms with E-state index in [1.54, 1.807) is 37.3 Å². The largest absolute Gasteiger partial charge is 0.493 e. The summed E-state index contributed by atoms with van der Waals surface area (Å²) in [6.07, 6.45) is 2.25. The second-order valence-corrected chi connectivity index (χ2v) is 7.90. The average molecular weight is 487 g/mol. The first-order chi connectivity index (χ1) is 17.5. The van der Waals surface area contributed by atoms with Crippen molar-refractivity contribution in [2.24, 2.45) is 0 Å². The normalized spacial score (nSPS) is 14.1. The lowest BCUT2D eigenvalue weighted by molar-refractivity contribution is -0.117. The maximum atomic E-state index is 13.0. The maximum absolute atomic E-state index is 13.0. The van der Waals surface area contributed by atoms with Crippen LogP contribution in [0.2, 0.25) is 0 Å². The van der Waals surface area contributed by atoms with Gasteiger partial charge in [0, 0.05) is 6.42 Å². The monoisotopic (exact) mass is 486 g/mol. The Morgan fingerprint density at radius 2 is 1.72 bits per heavy atom. The van der Waals surface area contributed by atoms with Gasteiger partial charge in [0.05, 0.1) is 31.6 Å². The number of hydrogen-bond donors (Lipinski definition) is 1. The van der Waals surface area contributed by atoms with E-state index in [2.05, 4.69) is 5.43 Å². The van der Waals surface area contributed by atoms with Crippen LogP contribution < -0.4 is 19.9 Å². The van der Waals surface area contributed by atoms with E-state index in [4.69, 9.17) is 14.2 Å². The number of esters is 1. The van der Waals surface area contributed by atoms with Gasteiger partial charge in [-0.3, -0.25) is 15.0 Å². The van der Waals surface area contributed by atoms with Crippen LogP contribution in [0.1, 0.15) is 28.4 Å². The molecule has 1 N–H and O–H groups in total. The Bertz CT molecular complexity index is 1290. The van der Waals surface area contributed by atoms with Crippen LogP contribution >= 0.6 is 0 Å². The van der Waals surface area contributed by atoms with Crippen LogP contribution in [0.15, 0.2) is 78.4 Å². The molecular formula is C28H26N2O6. The third-order valence-electron chi connectivity index (χ3n) is 5.52. The van der Waals surface area contributed by atoms with E-state index < -0.39 is 17.8 Å². The minimum atomic E-state index is -0.531. The van der Waals surface area contributed by atoms with Crippen molar-refractivity contribution in [3.63, 3.8) is 0 Å². The number of nitrogens with zero attached hydrogens (tertiary/aromatic N) is 1. The van der Waals surface area contributed by atoms with Crippen molar-refractivity contribution >= 4 is 29.5 Å². The summed E-state index contributed by atoms with van der Waals surface area (Å²) < 4.78 is 16.3. The Hall–Kier alpha value is -4.59. The summed E-state index contributed by atoms with van der Waals surface area (Å²) >= 11 is 0. The van der Waals surface area contributed by atoms with Gasteiger partial charge in [-0.15, -0.1) is 0 Å². The maximum Gasteiger partial charge on any atom is 0.338 e. The van der Waals surface area contributed by atoms with Crippen molar-refractivity contribution in [3.05, 3.63) is 95.1 Å². The second-order valence-electron chi connectivity index (χ2n) is 7.90. The summed E-state index contributed by atoms with van der Waals surface area (Å²) in [5.41, 5.74) is 5.08. The predicted molar refractivity (Wildman–Crippen MR) is 135 cm³/mol. The van der Waals surface area contributed by atoms with E-state index in [9.17, 15) is 14.4 Å². The lowest BCUT2D eigenvalue weighted by atomic mass is 10.1. The number of benzene rings is 3. The summed E-state index contributed by atoms with van der Waals surface area (Å²) in [5, 5.41) is 1.14. The van der Waals surface area contributed by atoms with Crippen LogP contribution in [-0.4, -0.2) is 38.1 Å². The molecule has 0 spiro atoms. The lowest BCUT2D eigenvalue weighted by Gasteiger charge is -2.15.